The fourth-order valence-corrected chi connectivity index (χ4v) is 12.2. The number of carbonyl (C=O) groups excluding carboxylic acids is 2. The lowest BCUT2D eigenvalue weighted by molar-refractivity contribution is -0.397. The van der Waals surface area contributed by atoms with Crippen molar-refractivity contribution in [1.29, 1.82) is 0 Å². The molecule has 23 heteroatoms. The highest BCUT2D eigenvalue weighted by atomic mass is 28.3. The van der Waals surface area contributed by atoms with Crippen molar-refractivity contribution in [2.45, 2.75) is 176 Å². The first-order valence-corrected chi connectivity index (χ1v) is 35.5. The molecule has 504 valence electrons. The van der Waals surface area contributed by atoms with E-state index >= 15 is 4.79 Å². The number of aliphatic hydroxyl groups excluding tert-OH is 3. The van der Waals surface area contributed by atoms with Gasteiger partial charge in [0.15, 0.2) is 12.6 Å². The van der Waals surface area contributed by atoms with E-state index in [1.807, 2.05) is 182 Å². The second kappa shape index (κ2) is 35.8. The first-order chi connectivity index (χ1) is 45.6. The van der Waals surface area contributed by atoms with Crippen LogP contribution in [0.1, 0.15) is 46.7 Å². The summed E-state index contributed by atoms with van der Waals surface area (Å²) >= 11 is 0. The Morgan fingerprint density at radius 1 is 0.596 bits per heavy atom. The molecule has 0 unspecified atom stereocenters. The summed E-state index contributed by atoms with van der Waals surface area (Å²) in [6.07, 6.45) is -20.5. The number of esters is 1. The van der Waals surface area contributed by atoms with Crippen molar-refractivity contribution in [3.63, 3.8) is 0 Å². The molecule has 4 N–H and O–H groups in total. The molecule has 16 atom stereocenters. The number of methoxy groups -OCH3 is 1. The molecule has 0 aliphatic carbocycles. The summed E-state index contributed by atoms with van der Waals surface area (Å²) in [5.74, 6) is -4.56. The van der Waals surface area contributed by atoms with Gasteiger partial charge < -0.3 is 82.2 Å². The number of ether oxygens (including phenoxy) is 13. The standard InChI is InChI=1S/C71H88N4O18Si/c1-48(76)74-59-55(77)38-71(70(80)81-2,92-63(59)60(79)56(78)39-73-75-72)93-65-61(85-42-51-28-16-8-17-29-51)57(46-82-40-49-24-12-6-13-25-49)90-69(67(65)88-45-54-34-22-11-23-35-54)91-62-58(47-83-41-50-26-14-7-15-27-50)89-68(84-36-37-94(3,4)5)66(87-44-53-32-20-10-21-33-53)64(62)86-43-52-30-18-9-19-31-52/h6-35,55-69,77-79H,36-47H2,1-5H3,(H,74,76)/t55-,56+,57+,58+,59+,60+,61-,62+,63+,64-,65-,66+,67+,68+,69-,71-/m0/s1. The first kappa shape index (κ1) is 71.5. The number of carbonyl (C=O) groups is 2. The lowest BCUT2D eigenvalue weighted by Gasteiger charge is -2.53. The molecular formula is C71H88N4O18Si. The lowest BCUT2D eigenvalue weighted by atomic mass is 9.88. The molecule has 6 aromatic rings. The quantitative estimate of drug-likeness (QED) is 0.00965. The lowest BCUT2D eigenvalue weighted by Crippen LogP contribution is -2.71. The number of hydrogen-bond donors (Lipinski definition) is 4. The van der Waals surface area contributed by atoms with E-state index < -0.39 is 131 Å². The van der Waals surface area contributed by atoms with Gasteiger partial charge in [-0.15, -0.1) is 0 Å². The van der Waals surface area contributed by atoms with E-state index in [9.17, 15) is 25.6 Å². The summed E-state index contributed by atoms with van der Waals surface area (Å²) in [6.45, 7) is 7.76. The van der Waals surface area contributed by atoms with Crippen LogP contribution >= 0.6 is 0 Å². The van der Waals surface area contributed by atoms with Crippen LogP contribution in [0.15, 0.2) is 187 Å². The van der Waals surface area contributed by atoms with E-state index in [1.54, 1.807) is 0 Å². The number of rotatable bonds is 34. The predicted molar refractivity (Wildman–Crippen MR) is 347 cm³/mol. The average Bonchev–Trinajstić information content (AvgIpc) is 0.759. The van der Waals surface area contributed by atoms with Crippen molar-refractivity contribution in [1.82, 2.24) is 5.32 Å². The zero-order chi connectivity index (χ0) is 66.3. The molecule has 0 radical (unpaired) electrons. The Hall–Kier alpha value is -6.81. The summed E-state index contributed by atoms with van der Waals surface area (Å²) in [6, 6.07) is 56.6. The Labute approximate surface area is 550 Å². The number of amides is 1. The van der Waals surface area contributed by atoms with Gasteiger partial charge in [0.25, 0.3) is 5.79 Å². The third kappa shape index (κ3) is 20.6. The molecule has 0 saturated carbocycles. The molecule has 3 aliphatic heterocycles. The van der Waals surface area contributed by atoms with Gasteiger partial charge in [0.1, 0.15) is 61.0 Å². The number of nitrogens with zero attached hydrogens (tertiary/aromatic N) is 3. The summed E-state index contributed by atoms with van der Waals surface area (Å²) in [4.78, 5) is 30.7. The van der Waals surface area contributed by atoms with Crippen LogP contribution in [-0.4, -0.2) is 166 Å². The van der Waals surface area contributed by atoms with E-state index in [0.29, 0.717) is 12.2 Å². The summed E-state index contributed by atoms with van der Waals surface area (Å²) in [7, 11) is -0.593. The highest BCUT2D eigenvalue weighted by Gasteiger charge is 2.62. The van der Waals surface area contributed by atoms with Crippen LogP contribution in [0.25, 0.3) is 10.4 Å². The molecule has 3 saturated heterocycles. The van der Waals surface area contributed by atoms with Crippen molar-refractivity contribution >= 4 is 20.0 Å². The van der Waals surface area contributed by atoms with Gasteiger partial charge in [0.2, 0.25) is 5.91 Å². The van der Waals surface area contributed by atoms with Crippen LogP contribution in [0, 0.1) is 0 Å². The van der Waals surface area contributed by atoms with E-state index in [0.717, 1.165) is 41.0 Å². The number of benzene rings is 6. The highest BCUT2D eigenvalue weighted by Crippen LogP contribution is 2.42. The van der Waals surface area contributed by atoms with Gasteiger partial charge in [-0.05, 0) is 45.0 Å². The van der Waals surface area contributed by atoms with E-state index in [1.165, 1.54) is 6.92 Å². The fraction of sp³-hybridized carbons (Fsp3) is 0.465. The second-order valence-electron chi connectivity index (χ2n) is 24.8. The van der Waals surface area contributed by atoms with Crippen LogP contribution in [0.2, 0.25) is 25.7 Å². The normalized spacial score (nSPS) is 26.9. The second-order valence-corrected chi connectivity index (χ2v) is 30.4. The van der Waals surface area contributed by atoms with Gasteiger partial charge in [-0.2, -0.15) is 0 Å². The third-order valence-electron chi connectivity index (χ3n) is 16.4. The Morgan fingerprint density at radius 3 is 1.45 bits per heavy atom. The van der Waals surface area contributed by atoms with Gasteiger partial charge >= 0.3 is 5.97 Å². The number of nitrogens with one attached hydrogen (secondary N) is 1. The maximum Gasteiger partial charge on any atom is 0.366 e. The monoisotopic (exact) mass is 1310 g/mol. The van der Waals surface area contributed by atoms with Gasteiger partial charge in [-0.25, -0.2) is 4.79 Å². The van der Waals surface area contributed by atoms with Crippen LogP contribution in [0.4, 0.5) is 0 Å². The van der Waals surface area contributed by atoms with Gasteiger partial charge in [-0.1, -0.05) is 207 Å². The zero-order valence-electron chi connectivity index (χ0n) is 53.8. The van der Waals surface area contributed by atoms with Gasteiger partial charge in [-0.3, -0.25) is 4.79 Å². The number of azide groups is 1. The molecule has 94 heavy (non-hydrogen) atoms. The van der Waals surface area contributed by atoms with E-state index in [-0.39, 0.29) is 52.9 Å². The Balaban J connectivity index is 1.22. The van der Waals surface area contributed by atoms with Crippen LogP contribution in [0.5, 0.6) is 0 Å². The molecule has 1 amide bonds. The molecule has 0 spiro atoms. The van der Waals surface area contributed by atoms with Crippen LogP contribution in [-0.2, 0) is 111 Å². The van der Waals surface area contributed by atoms with Crippen molar-refractivity contribution in [2.24, 2.45) is 5.11 Å². The van der Waals surface area contributed by atoms with Gasteiger partial charge in [0.05, 0.1) is 84.8 Å². The molecular weight excluding hydrogens is 1220 g/mol. The molecule has 9 rings (SSSR count). The molecule has 22 nitrogen and oxygen atoms in total. The van der Waals surface area contributed by atoms with Crippen LogP contribution in [0.3, 0.4) is 0 Å². The summed E-state index contributed by atoms with van der Waals surface area (Å²) < 4.78 is 90.1. The number of hydrogen-bond acceptors (Lipinski definition) is 19. The molecule has 0 bridgehead atoms. The Bertz CT molecular complexity index is 3240. The van der Waals surface area contributed by atoms with Crippen molar-refractivity contribution in [3.05, 3.63) is 226 Å². The van der Waals surface area contributed by atoms with Crippen LogP contribution < -0.4 is 5.32 Å². The molecule has 3 fully saturated rings. The maximum absolute atomic E-state index is 15.0. The van der Waals surface area contributed by atoms with E-state index in [4.69, 9.17) is 61.6 Å². The highest BCUT2D eigenvalue weighted by molar-refractivity contribution is 6.76. The SMILES string of the molecule is COC(=O)[C@@]1(O[C@H]2[C@@H](OCc3ccccc3)[C@@H](COCc3ccccc3)O[C@@H](O[C@H]3[C@H](OCc4ccccc4)[C@@H](OCc4ccccc4)[C@H](OCC[Si](C)(C)C)O[C@@H]3COCc3ccccc3)[C@@H]2OCc2ccccc2)C[C@H](O)[C@@H](NC(C)=O)[C@H]([C@H](O)[C@H](O)CN=[N+]=[N-])O1. The summed E-state index contributed by atoms with van der Waals surface area (Å²) in [5, 5.41) is 41.7. The molecule has 6 aromatic carbocycles. The zero-order valence-corrected chi connectivity index (χ0v) is 54.8. The van der Waals surface area contributed by atoms with Gasteiger partial charge in [0, 0.05) is 32.9 Å². The van der Waals surface area contributed by atoms with Crippen molar-refractivity contribution in [2.75, 3.05) is 33.5 Å². The van der Waals surface area contributed by atoms with E-state index in [2.05, 4.69) is 35.0 Å². The number of aliphatic hydroxyl groups is 3. The Kier molecular flexibility index (Phi) is 27.2. The fourth-order valence-electron chi connectivity index (χ4n) is 11.5. The molecule has 3 heterocycles. The summed E-state index contributed by atoms with van der Waals surface area (Å²) in [5.41, 5.74) is 14.2. The predicted octanol–water partition coefficient (Wildman–Crippen LogP) is 8.89. The minimum Gasteiger partial charge on any atom is -0.465 e. The molecule has 0 aromatic heterocycles. The average molecular weight is 1310 g/mol. The minimum atomic E-state index is -2.72. The largest absolute Gasteiger partial charge is 0.465 e. The topological polar surface area (TPSA) is 276 Å². The first-order valence-electron chi connectivity index (χ1n) is 31.8. The van der Waals surface area contributed by atoms with Crippen molar-refractivity contribution < 1.29 is 86.5 Å². The minimum absolute atomic E-state index is 0.0562. The molecule has 3 aliphatic rings. The maximum atomic E-state index is 15.0. The van der Waals surface area contributed by atoms with Crippen molar-refractivity contribution in [3.8, 4) is 0 Å². The Morgan fingerprint density at radius 2 is 1.01 bits per heavy atom. The smallest absolute Gasteiger partial charge is 0.366 e. The third-order valence-corrected chi connectivity index (χ3v) is 18.1.